The van der Waals surface area contributed by atoms with Crippen LogP contribution in [0.3, 0.4) is 0 Å². The van der Waals surface area contributed by atoms with Gasteiger partial charge in [0.15, 0.2) is 11.5 Å². The first-order chi connectivity index (χ1) is 13.0. The van der Waals surface area contributed by atoms with Gasteiger partial charge in [-0.15, -0.1) is 0 Å². The molecule has 8 heteroatoms. The van der Waals surface area contributed by atoms with Gasteiger partial charge in [0.25, 0.3) is 11.1 Å². The number of hydrogen-bond acceptors (Lipinski definition) is 5. The van der Waals surface area contributed by atoms with Gasteiger partial charge in [-0.05, 0) is 73.8 Å². The van der Waals surface area contributed by atoms with E-state index in [-0.39, 0.29) is 5.24 Å². The van der Waals surface area contributed by atoms with Crippen molar-refractivity contribution < 1.29 is 19.1 Å². The number of halogens is 2. The summed E-state index contributed by atoms with van der Waals surface area (Å²) in [6.07, 6.45) is 1.64. The fraction of sp³-hybridized carbons (Fsp3) is 0.158. The zero-order valence-corrected chi connectivity index (χ0v) is 18.2. The number of rotatable bonds is 6. The Bertz CT molecular complexity index is 916. The highest BCUT2D eigenvalue weighted by Crippen LogP contribution is 2.44. The fourth-order valence-corrected chi connectivity index (χ4v) is 4.02. The van der Waals surface area contributed by atoms with E-state index in [9.17, 15) is 9.59 Å². The van der Waals surface area contributed by atoms with Crippen LogP contribution in [0.4, 0.5) is 4.79 Å². The van der Waals surface area contributed by atoms with Crippen molar-refractivity contribution in [3.8, 4) is 11.5 Å². The molecular weight excluding hydrogens is 498 g/mol. The van der Waals surface area contributed by atoms with E-state index in [4.69, 9.17) is 9.47 Å². The molecule has 2 aromatic carbocycles. The average Bonchev–Trinajstić information content (AvgIpc) is 2.97. The molecule has 27 heavy (non-hydrogen) atoms. The minimum absolute atomic E-state index is 0.327. The molecule has 0 spiro atoms. The number of imide groups is 1. The Labute approximate surface area is 177 Å². The van der Waals surface area contributed by atoms with Crippen molar-refractivity contribution in [2.24, 2.45) is 0 Å². The van der Waals surface area contributed by atoms with E-state index in [1.807, 2.05) is 37.3 Å². The number of carbonyl (C=O) groups excluding carboxylic acids is 2. The molecule has 5 nitrogen and oxygen atoms in total. The van der Waals surface area contributed by atoms with Gasteiger partial charge in [-0.25, -0.2) is 0 Å². The van der Waals surface area contributed by atoms with Gasteiger partial charge in [-0.1, -0.05) is 30.3 Å². The first-order valence-corrected chi connectivity index (χ1v) is 10.5. The molecule has 3 rings (SSSR count). The molecule has 0 radical (unpaired) electrons. The van der Waals surface area contributed by atoms with Crippen LogP contribution in [0.25, 0.3) is 6.08 Å². The van der Waals surface area contributed by atoms with Crippen molar-refractivity contribution in [3.63, 3.8) is 0 Å². The number of thioether (sulfide) groups is 1. The number of carbonyl (C=O) groups is 2. The molecule has 1 fully saturated rings. The largest absolute Gasteiger partial charge is 0.490 e. The van der Waals surface area contributed by atoms with Crippen LogP contribution in [0.5, 0.6) is 11.5 Å². The second kappa shape index (κ2) is 8.95. The lowest BCUT2D eigenvalue weighted by atomic mass is 10.1. The molecule has 0 unspecified atom stereocenters. The van der Waals surface area contributed by atoms with Crippen molar-refractivity contribution in [1.82, 2.24) is 5.32 Å². The lowest BCUT2D eigenvalue weighted by Crippen LogP contribution is -2.17. The monoisotopic (exact) mass is 511 g/mol. The minimum Gasteiger partial charge on any atom is -0.490 e. The summed E-state index contributed by atoms with van der Waals surface area (Å²) >= 11 is 7.95. The van der Waals surface area contributed by atoms with Crippen molar-refractivity contribution in [1.29, 1.82) is 0 Å². The van der Waals surface area contributed by atoms with Crippen LogP contribution in [0, 0.1) is 0 Å². The number of hydrogen-bond donors (Lipinski definition) is 1. The summed E-state index contributed by atoms with van der Waals surface area (Å²) in [6, 6.07) is 11.6. The third kappa shape index (κ3) is 4.75. The summed E-state index contributed by atoms with van der Waals surface area (Å²) in [4.78, 5) is 23.5. The Morgan fingerprint density at radius 3 is 2.48 bits per heavy atom. The maximum Gasteiger partial charge on any atom is 0.290 e. The molecular formula is C19H15Br2NO4S. The SMILES string of the molecule is CCOc1cc(/C=C2\SC(=O)NC2=O)c(Br)c(Br)c1OCc1ccccc1. The van der Waals surface area contributed by atoms with Crippen LogP contribution in [0.15, 0.2) is 50.2 Å². The molecule has 1 N–H and O–H groups in total. The molecule has 0 saturated carbocycles. The van der Waals surface area contributed by atoms with Crippen LogP contribution in [-0.2, 0) is 11.4 Å². The molecule has 0 atom stereocenters. The summed E-state index contributed by atoms with van der Waals surface area (Å²) < 4.78 is 13.1. The molecule has 0 aromatic heterocycles. The van der Waals surface area contributed by atoms with Gasteiger partial charge in [0.1, 0.15) is 6.61 Å². The number of benzene rings is 2. The summed E-state index contributed by atoms with van der Waals surface area (Å²) in [5.41, 5.74) is 1.73. The van der Waals surface area contributed by atoms with Gasteiger partial charge < -0.3 is 9.47 Å². The van der Waals surface area contributed by atoms with E-state index in [2.05, 4.69) is 37.2 Å². The number of nitrogens with one attached hydrogen (secondary N) is 1. The molecule has 1 heterocycles. The van der Waals surface area contributed by atoms with E-state index >= 15 is 0 Å². The van der Waals surface area contributed by atoms with E-state index in [0.717, 1.165) is 17.3 Å². The summed E-state index contributed by atoms with van der Waals surface area (Å²) in [5.74, 6) is 0.704. The third-order valence-corrected chi connectivity index (χ3v) is 6.56. The van der Waals surface area contributed by atoms with Crippen LogP contribution < -0.4 is 14.8 Å². The second-order valence-corrected chi connectivity index (χ2v) is 8.08. The lowest BCUT2D eigenvalue weighted by Gasteiger charge is -2.16. The van der Waals surface area contributed by atoms with Crippen molar-refractivity contribution in [2.75, 3.05) is 6.61 Å². The first kappa shape index (κ1) is 20.0. The standard InChI is InChI=1S/C19H15Br2NO4S/c1-2-25-13-8-12(9-14-18(23)22-19(24)27-14)15(20)16(21)17(13)26-10-11-6-4-3-5-7-11/h3-9H,2,10H2,1H3,(H,22,23,24)/b14-9-. The molecule has 1 aliphatic heterocycles. The number of amides is 2. The molecule has 2 amide bonds. The maximum absolute atomic E-state index is 11.8. The van der Waals surface area contributed by atoms with Crippen molar-refractivity contribution >= 4 is 60.8 Å². The Morgan fingerprint density at radius 2 is 1.85 bits per heavy atom. The fourth-order valence-electron chi connectivity index (χ4n) is 2.40. The lowest BCUT2D eigenvalue weighted by molar-refractivity contribution is -0.115. The van der Waals surface area contributed by atoms with Gasteiger partial charge in [0.2, 0.25) is 0 Å². The van der Waals surface area contributed by atoms with E-state index < -0.39 is 5.91 Å². The minimum atomic E-state index is -0.407. The highest BCUT2D eigenvalue weighted by Gasteiger charge is 2.26. The summed E-state index contributed by atoms with van der Waals surface area (Å²) in [6.45, 7) is 2.73. The predicted molar refractivity (Wildman–Crippen MR) is 113 cm³/mol. The third-order valence-electron chi connectivity index (χ3n) is 3.61. The first-order valence-electron chi connectivity index (χ1n) is 8.06. The average molecular weight is 513 g/mol. The Kier molecular flexibility index (Phi) is 6.62. The van der Waals surface area contributed by atoms with E-state index in [1.54, 1.807) is 12.1 Å². The summed E-state index contributed by atoms with van der Waals surface area (Å²) in [7, 11) is 0. The molecule has 140 valence electrons. The van der Waals surface area contributed by atoms with Gasteiger partial charge in [0.05, 0.1) is 16.0 Å². The zero-order chi connectivity index (χ0) is 19.4. The molecule has 0 bridgehead atoms. The van der Waals surface area contributed by atoms with Crippen molar-refractivity contribution in [3.05, 3.63) is 61.4 Å². The Balaban J connectivity index is 1.95. The summed E-state index contributed by atoms with van der Waals surface area (Å²) in [5, 5.41) is 1.86. The van der Waals surface area contributed by atoms with Crippen LogP contribution in [0.1, 0.15) is 18.1 Å². The Morgan fingerprint density at radius 1 is 1.11 bits per heavy atom. The van der Waals surface area contributed by atoms with E-state index in [0.29, 0.717) is 44.1 Å². The quantitative estimate of drug-likeness (QED) is 0.517. The predicted octanol–water partition coefficient (Wildman–Crippen LogP) is 5.51. The van der Waals surface area contributed by atoms with Gasteiger partial charge in [0, 0.05) is 4.47 Å². The van der Waals surface area contributed by atoms with Gasteiger partial charge in [-0.3, -0.25) is 14.9 Å². The molecule has 0 aliphatic carbocycles. The highest BCUT2D eigenvalue weighted by atomic mass is 79.9. The van der Waals surface area contributed by atoms with Crippen LogP contribution in [-0.4, -0.2) is 17.8 Å². The zero-order valence-electron chi connectivity index (χ0n) is 14.3. The second-order valence-electron chi connectivity index (χ2n) is 5.48. The van der Waals surface area contributed by atoms with Gasteiger partial charge >= 0.3 is 0 Å². The van der Waals surface area contributed by atoms with Crippen LogP contribution in [0.2, 0.25) is 0 Å². The Hall–Kier alpha value is -1.77. The van der Waals surface area contributed by atoms with Crippen LogP contribution >= 0.6 is 43.6 Å². The molecule has 1 aliphatic rings. The van der Waals surface area contributed by atoms with Crippen molar-refractivity contribution in [2.45, 2.75) is 13.5 Å². The highest BCUT2D eigenvalue weighted by molar-refractivity contribution is 9.13. The molecule has 2 aromatic rings. The van der Waals surface area contributed by atoms with Gasteiger partial charge in [-0.2, -0.15) is 0 Å². The normalized spacial score (nSPS) is 15.1. The smallest absolute Gasteiger partial charge is 0.290 e. The maximum atomic E-state index is 11.8. The number of ether oxygens (including phenoxy) is 2. The topological polar surface area (TPSA) is 64.6 Å². The molecule has 1 saturated heterocycles. The van der Waals surface area contributed by atoms with E-state index in [1.165, 1.54) is 0 Å².